The Morgan fingerprint density at radius 1 is 1.21 bits per heavy atom. The molecule has 2 rings (SSSR count). The van der Waals surface area contributed by atoms with E-state index in [1.165, 1.54) is 30.5 Å². The maximum Gasteiger partial charge on any atom is 0.433 e. The number of benzene rings is 1. The second-order valence-corrected chi connectivity index (χ2v) is 4.68. The predicted octanol–water partition coefficient (Wildman–Crippen LogP) is 4.64. The van der Waals surface area contributed by atoms with E-state index in [0.717, 1.165) is 12.3 Å². The lowest BCUT2D eigenvalue weighted by molar-refractivity contribution is -0.141. The van der Waals surface area contributed by atoms with Crippen molar-refractivity contribution < 1.29 is 17.6 Å². The first-order valence-corrected chi connectivity index (χ1v) is 6.74. The molecule has 0 atom stereocenters. The van der Waals surface area contributed by atoms with E-state index in [0.29, 0.717) is 5.69 Å². The topological polar surface area (TPSA) is 73.2 Å². The summed E-state index contributed by atoms with van der Waals surface area (Å²) in [6.07, 6.45) is -2.13. The van der Waals surface area contributed by atoms with Crippen LogP contribution >= 0.6 is 0 Å². The Hall–Kier alpha value is -2.97. The number of rotatable bonds is 6. The molecule has 0 saturated heterocycles. The van der Waals surface area contributed by atoms with Crippen LogP contribution in [-0.2, 0) is 6.18 Å². The van der Waals surface area contributed by atoms with Crippen LogP contribution in [0.3, 0.4) is 0 Å². The normalized spacial score (nSPS) is 11.9. The van der Waals surface area contributed by atoms with Crippen molar-refractivity contribution >= 4 is 11.4 Å². The number of halogens is 4. The van der Waals surface area contributed by atoms with Crippen molar-refractivity contribution in [2.75, 3.05) is 17.2 Å². The first-order valence-electron chi connectivity index (χ1n) is 6.74. The zero-order chi connectivity index (χ0) is 17.6. The fourth-order valence-electron chi connectivity index (χ4n) is 1.76. The maximum atomic E-state index is 13.0. The van der Waals surface area contributed by atoms with Crippen LogP contribution in [0.15, 0.2) is 59.6 Å². The smallest absolute Gasteiger partial charge is 0.379 e. The van der Waals surface area contributed by atoms with Gasteiger partial charge < -0.3 is 10.6 Å². The summed E-state index contributed by atoms with van der Waals surface area (Å²) in [5.41, 5.74) is 6.93. The molecular formula is C15H13F4N5. The predicted molar refractivity (Wildman–Crippen MR) is 81.0 cm³/mol. The van der Waals surface area contributed by atoms with Gasteiger partial charge in [-0.15, -0.1) is 0 Å². The summed E-state index contributed by atoms with van der Waals surface area (Å²) >= 11 is 0. The molecule has 126 valence electrons. The number of alkyl halides is 3. The molecule has 3 N–H and O–H groups in total. The molecule has 2 aromatic rings. The summed E-state index contributed by atoms with van der Waals surface area (Å²) in [6, 6.07) is 7.90. The molecular weight excluding hydrogens is 326 g/mol. The van der Waals surface area contributed by atoms with Gasteiger partial charge in [0.1, 0.15) is 11.5 Å². The fourth-order valence-corrected chi connectivity index (χ4v) is 1.76. The zero-order valence-corrected chi connectivity index (χ0v) is 12.2. The van der Waals surface area contributed by atoms with Crippen molar-refractivity contribution in [3.05, 3.63) is 66.0 Å². The lowest BCUT2D eigenvalue weighted by Gasteiger charge is -2.10. The second kappa shape index (κ2) is 7.53. The van der Waals surface area contributed by atoms with E-state index in [-0.39, 0.29) is 17.9 Å². The number of hydrogen-bond donors (Lipinski definition) is 3. The largest absolute Gasteiger partial charge is 0.433 e. The van der Waals surface area contributed by atoms with E-state index in [9.17, 15) is 17.6 Å². The average Bonchev–Trinajstić information content (AvgIpc) is 2.54. The van der Waals surface area contributed by atoms with Gasteiger partial charge >= 0.3 is 6.18 Å². The third-order valence-corrected chi connectivity index (χ3v) is 2.90. The molecule has 0 saturated carbocycles. The molecule has 0 aliphatic heterocycles. The number of pyridine rings is 1. The van der Waals surface area contributed by atoms with Gasteiger partial charge in [-0.2, -0.15) is 18.3 Å². The summed E-state index contributed by atoms with van der Waals surface area (Å²) in [6.45, 7) is 0.00707. The number of nitrogens with zero attached hydrogens (tertiary/aromatic N) is 2. The summed E-state index contributed by atoms with van der Waals surface area (Å²) in [5, 5.41) is 8.75. The average molecular weight is 339 g/mol. The zero-order valence-electron chi connectivity index (χ0n) is 12.2. The lowest BCUT2D eigenvalue weighted by Crippen LogP contribution is -2.10. The molecule has 0 aliphatic carbocycles. The van der Waals surface area contributed by atoms with Crippen LogP contribution in [0, 0.1) is 11.3 Å². The Morgan fingerprint density at radius 2 is 2.00 bits per heavy atom. The number of hydrogen-bond acceptors (Lipinski definition) is 5. The molecule has 0 amide bonds. The molecule has 5 nitrogen and oxygen atoms in total. The van der Waals surface area contributed by atoms with Gasteiger partial charge in [-0.25, -0.2) is 9.92 Å². The van der Waals surface area contributed by atoms with Crippen molar-refractivity contribution in [1.82, 2.24) is 4.98 Å². The molecule has 24 heavy (non-hydrogen) atoms. The number of anilines is 2. The van der Waals surface area contributed by atoms with Crippen LogP contribution in [0.5, 0.6) is 0 Å². The van der Waals surface area contributed by atoms with Crippen molar-refractivity contribution in [3.8, 4) is 0 Å². The van der Waals surface area contributed by atoms with Crippen LogP contribution in [0.1, 0.15) is 5.69 Å². The van der Waals surface area contributed by atoms with E-state index in [4.69, 9.17) is 5.53 Å². The van der Waals surface area contributed by atoms with Crippen molar-refractivity contribution in [2.45, 2.75) is 6.18 Å². The van der Waals surface area contributed by atoms with Gasteiger partial charge in [0.25, 0.3) is 0 Å². The third kappa shape index (κ3) is 5.04. The van der Waals surface area contributed by atoms with Gasteiger partial charge in [0.2, 0.25) is 0 Å². The number of aromatic nitrogens is 1. The molecule has 0 spiro atoms. The Kier molecular flexibility index (Phi) is 5.46. The first kappa shape index (κ1) is 17.4. The Bertz CT molecular complexity index is 743. The quantitative estimate of drug-likeness (QED) is 0.530. The van der Waals surface area contributed by atoms with Gasteiger partial charge in [0.15, 0.2) is 0 Å². The maximum absolute atomic E-state index is 13.0. The summed E-state index contributed by atoms with van der Waals surface area (Å²) in [7, 11) is 0. The van der Waals surface area contributed by atoms with Crippen LogP contribution in [-0.4, -0.2) is 11.5 Å². The van der Waals surface area contributed by atoms with E-state index >= 15 is 0 Å². The van der Waals surface area contributed by atoms with Crippen LogP contribution in [0.2, 0.25) is 0 Å². The van der Waals surface area contributed by atoms with Crippen LogP contribution in [0.4, 0.5) is 28.9 Å². The van der Waals surface area contributed by atoms with E-state index in [1.807, 2.05) is 0 Å². The minimum absolute atomic E-state index is 0.00707. The van der Waals surface area contributed by atoms with Crippen LogP contribution in [0.25, 0.3) is 0 Å². The van der Waals surface area contributed by atoms with Gasteiger partial charge in [0, 0.05) is 23.8 Å². The molecule has 1 aromatic heterocycles. The fraction of sp³-hybridized carbons (Fsp3) is 0.133. The van der Waals surface area contributed by atoms with Gasteiger partial charge in [-0.3, -0.25) is 4.98 Å². The molecule has 1 aromatic carbocycles. The summed E-state index contributed by atoms with van der Waals surface area (Å²) in [5.74, 6) is -0.424. The highest BCUT2D eigenvalue weighted by molar-refractivity contribution is 5.47. The molecule has 1 heterocycles. The molecule has 0 bridgehead atoms. The minimum Gasteiger partial charge on any atom is -0.379 e. The molecule has 0 aliphatic rings. The molecule has 0 radical (unpaired) electrons. The van der Waals surface area contributed by atoms with E-state index < -0.39 is 17.7 Å². The monoisotopic (exact) mass is 339 g/mol. The van der Waals surface area contributed by atoms with Crippen molar-refractivity contribution in [1.29, 1.82) is 5.53 Å². The van der Waals surface area contributed by atoms with E-state index in [1.54, 1.807) is 6.07 Å². The first-order chi connectivity index (χ1) is 11.4. The Balaban J connectivity index is 2.01. The van der Waals surface area contributed by atoms with Gasteiger partial charge in [0.05, 0.1) is 12.2 Å². The molecule has 9 heteroatoms. The highest BCUT2D eigenvalue weighted by atomic mass is 19.4. The van der Waals surface area contributed by atoms with Gasteiger partial charge in [-0.05, 0) is 30.3 Å². The van der Waals surface area contributed by atoms with E-state index in [2.05, 4.69) is 20.7 Å². The standard InChI is InChI=1S/C15H13F4N5/c16-10-2-1-3-11(6-10)22-8-13(24-20)9-23-12-4-5-21-14(7-12)15(17,18)19/h1-8,20,22H,9H2,(H,21,23)/b13-8-,24-20?. The second-order valence-electron chi connectivity index (χ2n) is 4.68. The Morgan fingerprint density at radius 3 is 2.67 bits per heavy atom. The highest BCUT2D eigenvalue weighted by Gasteiger charge is 2.32. The van der Waals surface area contributed by atoms with Crippen LogP contribution < -0.4 is 10.6 Å². The lowest BCUT2D eigenvalue weighted by atomic mass is 10.3. The Labute approximate surface area is 134 Å². The van der Waals surface area contributed by atoms with Crippen molar-refractivity contribution in [2.24, 2.45) is 5.11 Å². The molecule has 0 fully saturated rings. The summed E-state index contributed by atoms with van der Waals surface area (Å²) < 4.78 is 50.8. The summed E-state index contributed by atoms with van der Waals surface area (Å²) in [4.78, 5) is 3.25. The van der Waals surface area contributed by atoms with Crippen molar-refractivity contribution in [3.63, 3.8) is 0 Å². The number of nitrogens with one attached hydrogen (secondary N) is 3. The SMILES string of the molecule is N=N/C(=C\Nc1cccc(F)c1)CNc1ccnc(C(F)(F)F)c1. The minimum atomic E-state index is -4.53. The molecule has 0 unspecified atom stereocenters. The van der Waals surface area contributed by atoms with Gasteiger partial charge in [-0.1, -0.05) is 6.07 Å². The highest BCUT2D eigenvalue weighted by Crippen LogP contribution is 2.28. The third-order valence-electron chi connectivity index (χ3n) is 2.90.